The first kappa shape index (κ1) is 16.1. The van der Waals surface area contributed by atoms with Crippen LogP contribution in [-0.4, -0.2) is 23.6 Å². The van der Waals surface area contributed by atoms with E-state index in [-0.39, 0.29) is 12.2 Å². The van der Waals surface area contributed by atoms with E-state index in [1.54, 1.807) is 11.1 Å². The number of hydrogen-bond acceptors (Lipinski definition) is 4. The van der Waals surface area contributed by atoms with Crippen molar-refractivity contribution < 1.29 is 9.53 Å². The van der Waals surface area contributed by atoms with Crippen LogP contribution in [0.4, 0.5) is 17.2 Å². The first-order chi connectivity index (χ1) is 12.1. The number of ether oxygens (including phenoxy) is 1. The molecular formula is C20H23N3O2. The standard InChI is InChI=1S/C20H23N3O2/c1-13-8-17(9-14(2)25-13)15-5-6-18-19(10-15)23(12-24)11-16-4-3-7-21-20(16)22-18/h3-7,10,12-14,17H,8-9,11H2,1-2H3,(H,21,22). The van der Waals surface area contributed by atoms with Gasteiger partial charge in [0.25, 0.3) is 0 Å². The molecule has 5 nitrogen and oxygen atoms in total. The summed E-state index contributed by atoms with van der Waals surface area (Å²) in [5.74, 6) is 1.27. The first-order valence-electron chi connectivity index (χ1n) is 8.86. The molecule has 2 aromatic rings. The molecule has 0 saturated carbocycles. The number of hydrogen-bond donors (Lipinski definition) is 1. The van der Waals surface area contributed by atoms with Crippen LogP contribution in [0, 0.1) is 0 Å². The van der Waals surface area contributed by atoms with E-state index in [2.05, 4.69) is 42.3 Å². The van der Waals surface area contributed by atoms with E-state index < -0.39 is 0 Å². The van der Waals surface area contributed by atoms with Crippen molar-refractivity contribution in [3.05, 3.63) is 47.7 Å². The summed E-state index contributed by atoms with van der Waals surface area (Å²) < 4.78 is 5.87. The highest BCUT2D eigenvalue weighted by Crippen LogP contribution is 2.39. The van der Waals surface area contributed by atoms with E-state index in [1.807, 2.05) is 12.1 Å². The number of pyridine rings is 1. The number of nitrogens with one attached hydrogen (secondary N) is 1. The Labute approximate surface area is 148 Å². The Bertz CT molecular complexity index is 782. The zero-order valence-corrected chi connectivity index (χ0v) is 14.6. The van der Waals surface area contributed by atoms with Gasteiger partial charge in [-0.2, -0.15) is 0 Å². The van der Waals surface area contributed by atoms with E-state index in [0.29, 0.717) is 12.5 Å². The zero-order chi connectivity index (χ0) is 17.4. The van der Waals surface area contributed by atoms with Crippen LogP contribution >= 0.6 is 0 Å². The van der Waals surface area contributed by atoms with Gasteiger partial charge in [-0.05, 0) is 56.4 Å². The monoisotopic (exact) mass is 337 g/mol. The number of anilines is 3. The van der Waals surface area contributed by atoms with E-state index >= 15 is 0 Å². The van der Waals surface area contributed by atoms with Crippen molar-refractivity contribution in [3.8, 4) is 0 Å². The minimum absolute atomic E-state index is 0.265. The number of benzene rings is 1. The lowest BCUT2D eigenvalue weighted by molar-refractivity contribution is -0.107. The normalized spacial score (nSPS) is 25.4. The van der Waals surface area contributed by atoms with E-state index in [1.165, 1.54) is 5.56 Å². The minimum atomic E-state index is 0.265. The maximum Gasteiger partial charge on any atom is 0.214 e. The molecule has 2 aliphatic heterocycles. The molecule has 0 spiro atoms. The fourth-order valence-corrected chi connectivity index (χ4v) is 3.99. The van der Waals surface area contributed by atoms with Gasteiger partial charge in [-0.25, -0.2) is 4.98 Å². The number of aromatic nitrogens is 1. The Balaban J connectivity index is 1.71. The van der Waals surface area contributed by atoms with Crippen LogP contribution in [0.2, 0.25) is 0 Å². The summed E-state index contributed by atoms with van der Waals surface area (Å²) in [6, 6.07) is 10.3. The van der Waals surface area contributed by atoms with Crippen LogP contribution in [0.1, 0.15) is 43.7 Å². The summed E-state index contributed by atoms with van der Waals surface area (Å²) in [6.07, 6.45) is 5.23. The van der Waals surface area contributed by atoms with Crippen molar-refractivity contribution in [2.45, 2.75) is 51.4 Å². The quantitative estimate of drug-likeness (QED) is 0.843. The largest absolute Gasteiger partial charge is 0.376 e. The lowest BCUT2D eigenvalue weighted by Gasteiger charge is -2.33. The van der Waals surface area contributed by atoms with Crippen molar-refractivity contribution in [3.63, 3.8) is 0 Å². The minimum Gasteiger partial charge on any atom is -0.376 e. The lowest BCUT2D eigenvalue weighted by Crippen LogP contribution is -2.28. The number of fused-ring (bicyclic) bond motifs is 2. The van der Waals surface area contributed by atoms with Crippen LogP contribution in [0.3, 0.4) is 0 Å². The summed E-state index contributed by atoms with van der Waals surface area (Å²) in [6.45, 7) is 4.79. The molecule has 0 aliphatic carbocycles. The summed E-state index contributed by atoms with van der Waals surface area (Å²) in [7, 11) is 0. The van der Waals surface area contributed by atoms with Gasteiger partial charge in [0.2, 0.25) is 6.41 Å². The highest BCUT2D eigenvalue weighted by Gasteiger charge is 2.27. The Kier molecular flexibility index (Phi) is 4.17. The van der Waals surface area contributed by atoms with Gasteiger partial charge in [0, 0.05) is 11.8 Å². The molecule has 3 heterocycles. The summed E-state index contributed by atoms with van der Waals surface area (Å²) in [4.78, 5) is 17.9. The van der Waals surface area contributed by atoms with Gasteiger partial charge in [-0.1, -0.05) is 12.1 Å². The second-order valence-corrected chi connectivity index (χ2v) is 7.07. The SMILES string of the molecule is CC1CC(c2ccc3c(c2)N(C=O)Cc2cccnc2N3)CC(C)O1. The summed E-state index contributed by atoms with van der Waals surface area (Å²) in [5.41, 5.74) is 4.12. The van der Waals surface area contributed by atoms with Crippen LogP contribution in [0.25, 0.3) is 0 Å². The Hall–Kier alpha value is -2.40. The third kappa shape index (κ3) is 3.12. The predicted molar refractivity (Wildman–Crippen MR) is 98.2 cm³/mol. The van der Waals surface area contributed by atoms with E-state index in [4.69, 9.17) is 4.74 Å². The van der Waals surface area contributed by atoms with Crippen molar-refractivity contribution in [2.75, 3.05) is 10.2 Å². The fourth-order valence-electron chi connectivity index (χ4n) is 3.99. The number of nitrogens with zero attached hydrogens (tertiary/aromatic N) is 2. The van der Waals surface area contributed by atoms with E-state index in [0.717, 1.165) is 42.0 Å². The molecule has 1 amide bonds. The third-order valence-corrected chi connectivity index (χ3v) is 5.11. The van der Waals surface area contributed by atoms with Gasteiger partial charge < -0.3 is 15.0 Å². The number of amides is 1. The van der Waals surface area contributed by atoms with Gasteiger partial charge in [0.05, 0.1) is 30.1 Å². The number of carbonyl (C=O) groups excluding carboxylic acids is 1. The van der Waals surface area contributed by atoms with Gasteiger partial charge in [-0.3, -0.25) is 4.79 Å². The highest BCUT2D eigenvalue weighted by atomic mass is 16.5. The molecule has 0 bridgehead atoms. The molecule has 130 valence electrons. The molecule has 4 rings (SSSR count). The predicted octanol–water partition coefficient (Wildman–Crippen LogP) is 3.97. The Morgan fingerprint density at radius 3 is 2.80 bits per heavy atom. The molecule has 1 aromatic heterocycles. The summed E-state index contributed by atoms with van der Waals surface area (Å²) in [5, 5.41) is 3.38. The van der Waals surface area contributed by atoms with Gasteiger partial charge in [0.1, 0.15) is 5.82 Å². The Morgan fingerprint density at radius 1 is 1.24 bits per heavy atom. The molecule has 0 radical (unpaired) electrons. The van der Waals surface area contributed by atoms with Crippen LogP contribution < -0.4 is 10.2 Å². The average molecular weight is 337 g/mol. The maximum absolute atomic E-state index is 11.7. The molecule has 25 heavy (non-hydrogen) atoms. The number of carbonyl (C=O) groups is 1. The zero-order valence-electron chi connectivity index (χ0n) is 14.6. The second kappa shape index (κ2) is 6.48. The maximum atomic E-state index is 11.7. The molecule has 2 atom stereocenters. The van der Waals surface area contributed by atoms with Crippen LogP contribution in [-0.2, 0) is 16.1 Å². The van der Waals surface area contributed by atoms with Gasteiger partial charge in [-0.15, -0.1) is 0 Å². The molecule has 1 N–H and O–H groups in total. The molecule has 5 heteroatoms. The van der Waals surface area contributed by atoms with Crippen molar-refractivity contribution >= 4 is 23.6 Å². The van der Waals surface area contributed by atoms with Crippen molar-refractivity contribution in [1.29, 1.82) is 0 Å². The fraction of sp³-hybridized carbons (Fsp3) is 0.400. The molecular weight excluding hydrogens is 314 g/mol. The van der Waals surface area contributed by atoms with Crippen LogP contribution in [0.5, 0.6) is 0 Å². The Morgan fingerprint density at radius 2 is 2.04 bits per heavy atom. The molecule has 2 aliphatic rings. The molecule has 1 fully saturated rings. The summed E-state index contributed by atoms with van der Waals surface area (Å²) >= 11 is 0. The third-order valence-electron chi connectivity index (χ3n) is 5.11. The second-order valence-electron chi connectivity index (χ2n) is 7.07. The van der Waals surface area contributed by atoms with Crippen molar-refractivity contribution in [2.24, 2.45) is 0 Å². The van der Waals surface area contributed by atoms with Crippen molar-refractivity contribution in [1.82, 2.24) is 4.98 Å². The smallest absolute Gasteiger partial charge is 0.214 e. The van der Waals surface area contributed by atoms with Gasteiger partial charge in [0.15, 0.2) is 0 Å². The van der Waals surface area contributed by atoms with Crippen LogP contribution in [0.15, 0.2) is 36.5 Å². The highest BCUT2D eigenvalue weighted by molar-refractivity contribution is 5.87. The molecule has 2 unspecified atom stereocenters. The molecule has 1 saturated heterocycles. The average Bonchev–Trinajstić information content (AvgIpc) is 2.76. The topological polar surface area (TPSA) is 54.5 Å². The lowest BCUT2D eigenvalue weighted by atomic mass is 9.86. The van der Waals surface area contributed by atoms with E-state index in [9.17, 15) is 4.79 Å². The molecule has 1 aromatic carbocycles. The van der Waals surface area contributed by atoms with Gasteiger partial charge >= 0.3 is 0 Å². The number of rotatable bonds is 2. The first-order valence-corrected chi connectivity index (χ1v) is 8.86.